The van der Waals surface area contributed by atoms with E-state index in [1.165, 1.54) is 17.2 Å². The highest BCUT2D eigenvalue weighted by Gasteiger charge is 2.23. The van der Waals surface area contributed by atoms with E-state index in [1.54, 1.807) is 6.07 Å². The molecule has 0 aliphatic rings. The van der Waals surface area contributed by atoms with Gasteiger partial charge in [0.2, 0.25) is 0 Å². The van der Waals surface area contributed by atoms with Crippen molar-refractivity contribution in [2.24, 2.45) is 0 Å². The molecular formula is C34H38O5S. The van der Waals surface area contributed by atoms with Crippen LogP contribution in [0.15, 0.2) is 83.8 Å². The fraction of sp³-hybridized carbons (Fsp3) is 0.294. The van der Waals surface area contributed by atoms with E-state index in [0.29, 0.717) is 30.4 Å². The fourth-order valence-corrected chi connectivity index (χ4v) is 6.00. The Morgan fingerprint density at radius 3 is 1.65 bits per heavy atom. The van der Waals surface area contributed by atoms with Crippen molar-refractivity contribution in [2.75, 3.05) is 0 Å². The minimum absolute atomic E-state index is 0.134. The molecule has 6 heteroatoms. The number of aryl methyl sites for hydroxylation is 2. The van der Waals surface area contributed by atoms with Crippen LogP contribution in [-0.2, 0) is 23.0 Å². The second kappa shape index (κ2) is 12.3. The van der Waals surface area contributed by atoms with Crippen LogP contribution in [0.4, 0.5) is 0 Å². The lowest BCUT2D eigenvalue weighted by atomic mass is 9.85. The zero-order valence-corrected chi connectivity index (χ0v) is 24.4. The molecule has 0 aliphatic carbocycles. The first kappa shape index (κ1) is 29.4. The maximum atomic E-state index is 12.1. The Balaban J connectivity index is 1.79. The summed E-state index contributed by atoms with van der Waals surface area (Å²) in [6.45, 7) is 8.21. The van der Waals surface area contributed by atoms with E-state index < -0.39 is 20.8 Å². The van der Waals surface area contributed by atoms with Gasteiger partial charge in [0.25, 0.3) is 10.1 Å². The average Bonchev–Trinajstić information content (AvgIpc) is 2.94. The van der Waals surface area contributed by atoms with Crippen LogP contribution >= 0.6 is 0 Å². The van der Waals surface area contributed by atoms with Gasteiger partial charge in [0, 0.05) is 17.4 Å². The van der Waals surface area contributed by atoms with Gasteiger partial charge >= 0.3 is 0 Å². The summed E-state index contributed by atoms with van der Waals surface area (Å²) < 4.78 is 34.0. The zero-order chi connectivity index (χ0) is 29.0. The quantitative estimate of drug-likeness (QED) is 0.170. The van der Waals surface area contributed by atoms with Crippen molar-refractivity contribution >= 4 is 10.1 Å². The molecule has 2 unspecified atom stereocenters. The molecule has 4 rings (SSSR count). The number of aromatic hydroxyl groups is 2. The van der Waals surface area contributed by atoms with Crippen LogP contribution in [-0.4, -0.2) is 23.2 Å². The van der Waals surface area contributed by atoms with Crippen molar-refractivity contribution in [3.8, 4) is 22.6 Å². The number of phenols is 2. The predicted molar refractivity (Wildman–Crippen MR) is 161 cm³/mol. The van der Waals surface area contributed by atoms with Gasteiger partial charge in [-0.2, -0.15) is 8.42 Å². The van der Waals surface area contributed by atoms with Crippen molar-refractivity contribution in [1.82, 2.24) is 0 Å². The van der Waals surface area contributed by atoms with Crippen molar-refractivity contribution in [3.05, 3.63) is 112 Å². The molecule has 0 fully saturated rings. The van der Waals surface area contributed by atoms with Crippen LogP contribution in [0.1, 0.15) is 85.8 Å². The molecule has 5 nitrogen and oxygen atoms in total. The zero-order valence-electron chi connectivity index (χ0n) is 23.6. The van der Waals surface area contributed by atoms with Crippen LogP contribution in [0.25, 0.3) is 11.1 Å². The first-order chi connectivity index (χ1) is 19.0. The van der Waals surface area contributed by atoms with Gasteiger partial charge in [-0.05, 0) is 76.1 Å². The van der Waals surface area contributed by atoms with Gasteiger partial charge in [0.15, 0.2) is 0 Å². The van der Waals surface area contributed by atoms with E-state index in [4.69, 9.17) is 0 Å². The van der Waals surface area contributed by atoms with Crippen molar-refractivity contribution in [2.45, 2.75) is 70.1 Å². The molecule has 0 bridgehead atoms. The lowest BCUT2D eigenvalue weighted by molar-refractivity contribution is 0.437. The molecule has 0 radical (unpaired) electrons. The maximum absolute atomic E-state index is 12.1. The normalized spacial score (nSPS) is 13.2. The first-order valence-electron chi connectivity index (χ1n) is 13.9. The molecule has 0 heterocycles. The Bertz CT molecular complexity index is 1580. The molecule has 4 aromatic carbocycles. The Kier molecular flexibility index (Phi) is 9.02. The summed E-state index contributed by atoms with van der Waals surface area (Å²) in [5.74, 6) is -0.0615. The van der Waals surface area contributed by atoms with E-state index in [2.05, 4.69) is 43.3 Å². The van der Waals surface area contributed by atoms with E-state index in [0.717, 1.165) is 28.7 Å². The van der Waals surface area contributed by atoms with E-state index in [1.807, 2.05) is 51.1 Å². The molecular weight excluding hydrogens is 520 g/mol. The van der Waals surface area contributed by atoms with Gasteiger partial charge in [-0.25, -0.2) is 0 Å². The minimum Gasteiger partial charge on any atom is -0.507 e. The second-order valence-electron chi connectivity index (χ2n) is 10.6. The van der Waals surface area contributed by atoms with Gasteiger partial charge in [-0.15, -0.1) is 0 Å². The van der Waals surface area contributed by atoms with Crippen LogP contribution in [0.3, 0.4) is 0 Å². The van der Waals surface area contributed by atoms with Gasteiger partial charge in [0.05, 0.1) is 0 Å². The molecule has 4 aromatic rings. The molecule has 210 valence electrons. The molecule has 0 saturated carbocycles. The molecule has 2 atom stereocenters. The van der Waals surface area contributed by atoms with Crippen LogP contribution in [0, 0.1) is 0 Å². The van der Waals surface area contributed by atoms with Crippen molar-refractivity contribution in [1.29, 1.82) is 0 Å². The minimum atomic E-state index is -4.63. The summed E-state index contributed by atoms with van der Waals surface area (Å²) in [5.41, 5.74) is 6.75. The van der Waals surface area contributed by atoms with Crippen molar-refractivity contribution < 1.29 is 23.2 Å². The molecule has 0 aromatic heterocycles. The third-order valence-electron chi connectivity index (χ3n) is 7.72. The maximum Gasteiger partial charge on any atom is 0.298 e. The summed E-state index contributed by atoms with van der Waals surface area (Å²) in [6.07, 6.45) is 2.63. The third-order valence-corrected chi connectivity index (χ3v) is 8.59. The Labute approximate surface area is 237 Å². The lowest BCUT2D eigenvalue weighted by Crippen LogP contribution is -2.03. The predicted octanol–water partition coefficient (Wildman–Crippen LogP) is 8.22. The molecule has 0 aliphatic heterocycles. The summed E-state index contributed by atoms with van der Waals surface area (Å²) in [7, 11) is -4.63. The summed E-state index contributed by atoms with van der Waals surface area (Å²) in [6, 6.07) is 25.7. The van der Waals surface area contributed by atoms with E-state index >= 15 is 0 Å². The van der Waals surface area contributed by atoms with E-state index in [9.17, 15) is 23.2 Å². The molecule has 0 amide bonds. The van der Waals surface area contributed by atoms with Crippen LogP contribution < -0.4 is 0 Å². The molecule has 0 saturated heterocycles. The Hall–Kier alpha value is -3.61. The smallest absolute Gasteiger partial charge is 0.298 e. The number of phenolic OH excluding ortho intramolecular Hbond substituents is 2. The number of benzene rings is 4. The van der Waals surface area contributed by atoms with Crippen LogP contribution in [0.2, 0.25) is 0 Å². The number of hydrogen-bond acceptors (Lipinski definition) is 4. The van der Waals surface area contributed by atoms with E-state index in [-0.39, 0.29) is 17.6 Å². The fourth-order valence-electron chi connectivity index (χ4n) is 5.35. The van der Waals surface area contributed by atoms with Crippen molar-refractivity contribution in [3.63, 3.8) is 0 Å². The highest BCUT2D eigenvalue weighted by atomic mass is 32.2. The van der Waals surface area contributed by atoms with Crippen LogP contribution in [0.5, 0.6) is 11.5 Å². The SMILES string of the molecule is CCCc1cc(-c2cc(CCC)c(O)c(S(=O)(=O)O)c2)cc(C(C)c2ccc(C(C)c3ccccc3)cc2)c1O. The highest BCUT2D eigenvalue weighted by Crippen LogP contribution is 2.40. The average molecular weight is 559 g/mol. The Morgan fingerprint density at radius 1 is 0.650 bits per heavy atom. The molecule has 3 N–H and O–H groups in total. The molecule has 40 heavy (non-hydrogen) atoms. The Morgan fingerprint density at radius 2 is 1.12 bits per heavy atom. The number of rotatable bonds is 10. The molecule has 0 spiro atoms. The largest absolute Gasteiger partial charge is 0.507 e. The monoisotopic (exact) mass is 558 g/mol. The van der Waals surface area contributed by atoms with Gasteiger partial charge in [0.1, 0.15) is 16.4 Å². The third kappa shape index (κ3) is 6.24. The second-order valence-corrected chi connectivity index (χ2v) is 11.9. The summed E-state index contributed by atoms with van der Waals surface area (Å²) >= 11 is 0. The standard InChI is InChI=1S/C34H38O5S/c1-5-10-27-18-29(30-19-28(11-6-2)34(36)32(21-30)40(37,38)39)20-31(33(27)35)23(4)26-16-14-25(15-17-26)22(3)24-12-8-7-9-13-24/h7-9,12-23,35-36H,5-6,10-11H2,1-4H3,(H,37,38,39). The lowest BCUT2D eigenvalue weighted by Gasteiger charge is -2.20. The van der Waals surface area contributed by atoms with Gasteiger partial charge in [-0.3, -0.25) is 4.55 Å². The highest BCUT2D eigenvalue weighted by molar-refractivity contribution is 7.86. The summed E-state index contributed by atoms with van der Waals surface area (Å²) in [4.78, 5) is -0.503. The first-order valence-corrected chi connectivity index (χ1v) is 15.3. The van der Waals surface area contributed by atoms with Gasteiger partial charge in [-0.1, -0.05) is 95.1 Å². The number of hydrogen-bond donors (Lipinski definition) is 3. The summed E-state index contributed by atoms with van der Waals surface area (Å²) in [5, 5.41) is 21.9. The van der Waals surface area contributed by atoms with Gasteiger partial charge < -0.3 is 10.2 Å². The topological polar surface area (TPSA) is 94.8 Å².